The van der Waals surface area contributed by atoms with Gasteiger partial charge in [-0.2, -0.15) is 18.4 Å². The fraction of sp³-hybridized carbons (Fsp3) is 0.136. The lowest BCUT2D eigenvalue weighted by Gasteiger charge is -2.13. The third-order valence-corrected chi connectivity index (χ3v) is 4.50. The molecule has 1 atom stereocenters. The maximum Gasteiger partial charge on any atom is 0.417 e. The molecule has 1 heterocycles. The Hall–Kier alpha value is -4.50. The van der Waals surface area contributed by atoms with Crippen LogP contribution in [0, 0.1) is 11.3 Å². The van der Waals surface area contributed by atoms with E-state index in [1.165, 1.54) is 42.5 Å². The molecule has 12 heteroatoms. The highest BCUT2D eigenvalue weighted by atomic mass is 19.4. The highest BCUT2D eigenvalue weighted by molar-refractivity contribution is 5.92. The van der Waals surface area contributed by atoms with Crippen LogP contribution in [0.1, 0.15) is 21.6 Å². The van der Waals surface area contributed by atoms with E-state index in [2.05, 4.69) is 15.3 Å². The molecule has 0 fully saturated rings. The molecule has 174 valence electrons. The number of amides is 1. The second-order valence-corrected chi connectivity index (χ2v) is 6.89. The fourth-order valence-electron chi connectivity index (χ4n) is 2.84. The first-order chi connectivity index (χ1) is 16.1. The van der Waals surface area contributed by atoms with E-state index in [1.807, 2.05) is 0 Å². The van der Waals surface area contributed by atoms with E-state index in [0.29, 0.717) is 11.8 Å². The Labute approximate surface area is 191 Å². The molecular weight excluding hydrogens is 453 g/mol. The van der Waals surface area contributed by atoms with Gasteiger partial charge in [0.1, 0.15) is 29.3 Å². The monoisotopic (exact) mass is 470 g/mol. The van der Waals surface area contributed by atoms with Gasteiger partial charge in [0, 0.05) is 18.2 Å². The first-order valence-electron chi connectivity index (χ1n) is 9.65. The second kappa shape index (κ2) is 9.97. The number of anilines is 1. The van der Waals surface area contributed by atoms with Gasteiger partial charge in [-0.05, 0) is 42.5 Å². The zero-order chi connectivity index (χ0) is 24.9. The van der Waals surface area contributed by atoms with Gasteiger partial charge in [-0.1, -0.05) is 0 Å². The molecule has 0 spiro atoms. The van der Waals surface area contributed by atoms with Crippen LogP contribution in [0.4, 0.5) is 19.0 Å². The van der Waals surface area contributed by atoms with Gasteiger partial charge in [-0.25, -0.2) is 9.97 Å². The van der Waals surface area contributed by atoms with Crippen LogP contribution in [0.15, 0.2) is 48.5 Å². The number of benzene rings is 2. The second-order valence-electron chi connectivity index (χ2n) is 6.89. The minimum atomic E-state index is -4.71. The molecule has 3 aromatic rings. The minimum absolute atomic E-state index is 0.00776. The van der Waals surface area contributed by atoms with E-state index in [0.717, 1.165) is 12.1 Å². The molecule has 9 nitrogen and oxygen atoms in total. The number of nitrogens with zero attached hydrogens (tertiary/aromatic N) is 3. The van der Waals surface area contributed by atoms with E-state index in [1.54, 1.807) is 0 Å². The molecule has 3 rings (SSSR count). The first-order valence-corrected chi connectivity index (χ1v) is 9.65. The average Bonchev–Trinajstić information content (AvgIpc) is 2.82. The molecule has 1 amide bonds. The molecule has 0 saturated heterocycles. The maximum atomic E-state index is 13.2. The van der Waals surface area contributed by atoms with E-state index in [9.17, 15) is 22.8 Å². The molecule has 5 N–H and O–H groups in total. The van der Waals surface area contributed by atoms with Crippen molar-refractivity contribution in [3.8, 4) is 29.0 Å². The Balaban J connectivity index is 1.88. The Morgan fingerprint density at radius 1 is 1.15 bits per heavy atom. The number of nitrogens with two attached hydrogens (primary N) is 2. The van der Waals surface area contributed by atoms with Gasteiger partial charge in [-0.3, -0.25) is 4.79 Å². The van der Waals surface area contributed by atoms with Gasteiger partial charge in [0.15, 0.2) is 5.82 Å². The maximum absolute atomic E-state index is 13.2. The van der Waals surface area contributed by atoms with Crippen LogP contribution in [0.3, 0.4) is 0 Å². The number of aldehydes is 1. The highest BCUT2D eigenvalue weighted by Crippen LogP contribution is 2.35. The lowest BCUT2D eigenvalue weighted by atomic mass is 10.1. The average molecular weight is 470 g/mol. The van der Waals surface area contributed by atoms with Crippen LogP contribution < -0.4 is 21.5 Å². The van der Waals surface area contributed by atoms with E-state index < -0.39 is 29.3 Å². The number of primary amides is 1. The van der Waals surface area contributed by atoms with Gasteiger partial charge in [0.2, 0.25) is 0 Å². The van der Waals surface area contributed by atoms with Gasteiger partial charge in [0.05, 0.1) is 23.2 Å². The Morgan fingerprint density at radius 3 is 2.38 bits per heavy atom. The minimum Gasteiger partial charge on any atom is -0.457 e. The van der Waals surface area contributed by atoms with Crippen LogP contribution in [-0.4, -0.2) is 34.7 Å². The molecule has 1 unspecified atom stereocenters. The molecule has 34 heavy (non-hydrogen) atoms. The number of alkyl halides is 3. The number of carbonyl (C=O) groups is 2. The summed E-state index contributed by atoms with van der Waals surface area (Å²) < 4.78 is 45.0. The number of ether oxygens (including phenoxy) is 1. The van der Waals surface area contributed by atoms with Crippen molar-refractivity contribution in [2.75, 3.05) is 11.9 Å². The van der Waals surface area contributed by atoms with E-state index in [-0.39, 0.29) is 35.4 Å². The van der Waals surface area contributed by atoms with E-state index in [4.69, 9.17) is 21.5 Å². The third-order valence-electron chi connectivity index (χ3n) is 4.50. The number of carbonyl (C=O) groups excluding carboxylic acids is 2. The van der Waals surface area contributed by atoms with Crippen molar-refractivity contribution in [2.24, 2.45) is 11.5 Å². The summed E-state index contributed by atoms with van der Waals surface area (Å²) >= 11 is 0. The smallest absolute Gasteiger partial charge is 0.417 e. The normalized spacial score (nSPS) is 11.9. The van der Waals surface area contributed by atoms with Crippen LogP contribution in [-0.2, 0) is 11.0 Å². The number of hydrogen-bond acceptors (Lipinski definition) is 8. The lowest BCUT2D eigenvalue weighted by Crippen LogP contribution is -2.30. The van der Waals surface area contributed by atoms with Crippen molar-refractivity contribution in [3.63, 3.8) is 0 Å². The van der Waals surface area contributed by atoms with Crippen molar-refractivity contribution < 1.29 is 27.5 Å². The Morgan fingerprint density at radius 2 is 1.82 bits per heavy atom. The SMILES string of the molecule is N#Cc1ccc(Oc2ccc(-c3nc(NC(C=O)CN)cc(C(N)=O)n3)cc2)cc1C(F)(F)F. The number of nitriles is 1. The molecule has 0 bridgehead atoms. The number of hydrogen-bond donors (Lipinski definition) is 3. The summed E-state index contributed by atoms with van der Waals surface area (Å²) in [6, 6.07) is 11.0. The van der Waals surface area contributed by atoms with Crippen LogP contribution in [0.5, 0.6) is 11.5 Å². The standard InChI is InChI=1S/C22H17F3N6O3/c23-22(24,25)17-7-16(6-3-13(17)9-26)34-15-4-1-12(2-5-15)21-30-18(20(28)33)8-19(31-21)29-14(10-27)11-32/h1-8,11,14H,10,27H2,(H2,28,33)(H,29,30,31). The quantitative estimate of drug-likeness (QED) is 0.424. The van der Waals surface area contributed by atoms with Gasteiger partial charge < -0.3 is 26.3 Å². The summed E-state index contributed by atoms with van der Waals surface area (Å²) in [4.78, 5) is 31.0. The molecule has 2 aromatic carbocycles. The summed E-state index contributed by atoms with van der Waals surface area (Å²) in [5.74, 6) is -0.471. The molecule has 0 saturated carbocycles. The number of aromatic nitrogens is 2. The van der Waals surface area contributed by atoms with Crippen LogP contribution >= 0.6 is 0 Å². The number of rotatable bonds is 8. The van der Waals surface area contributed by atoms with Crippen LogP contribution in [0.2, 0.25) is 0 Å². The van der Waals surface area contributed by atoms with Crippen molar-refractivity contribution in [1.82, 2.24) is 9.97 Å². The summed E-state index contributed by atoms with van der Waals surface area (Å²) in [6.07, 6.45) is -4.12. The largest absolute Gasteiger partial charge is 0.457 e. The van der Waals surface area contributed by atoms with Crippen LogP contribution in [0.25, 0.3) is 11.4 Å². The molecule has 0 aliphatic heterocycles. The van der Waals surface area contributed by atoms with Crippen molar-refractivity contribution >= 4 is 18.0 Å². The summed E-state index contributed by atoms with van der Waals surface area (Å²) in [5.41, 5.74) is 9.52. The van der Waals surface area contributed by atoms with Gasteiger partial charge in [-0.15, -0.1) is 0 Å². The van der Waals surface area contributed by atoms with Gasteiger partial charge >= 0.3 is 6.18 Å². The fourth-order valence-corrected chi connectivity index (χ4v) is 2.84. The van der Waals surface area contributed by atoms with E-state index >= 15 is 0 Å². The van der Waals surface area contributed by atoms with Gasteiger partial charge in [0.25, 0.3) is 5.91 Å². The molecule has 1 aromatic heterocycles. The molecule has 0 aliphatic rings. The Bertz CT molecular complexity index is 1260. The Kier molecular flexibility index (Phi) is 7.08. The van der Waals surface area contributed by atoms with Crippen molar-refractivity contribution in [1.29, 1.82) is 5.26 Å². The predicted molar refractivity (Wildman–Crippen MR) is 115 cm³/mol. The zero-order valence-corrected chi connectivity index (χ0v) is 17.3. The zero-order valence-electron chi connectivity index (χ0n) is 17.3. The number of nitrogens with one attached hydrogen (secondary N) is 1. The summed E-state index contributed by atoms with van der Waals surface area (Å²) in [6.45, 7) is -0.00776. The molecular formula is C22H17F3N6O3. The summed E-state index contributed by atoms with van der Waals surface area (Å²) in [7, 11) is 0. The summed E-state index contributed by atoms with van der Waals surface area (Å²) in [5, 5.41) is 11.7. The van der Waals surface area contributed by atoms with Crippen molar-refractivity contribution in [3.05, 3.63) is 65.4 Å². The number of halogens is 3. The van der Waals surface area contributed by atoms with Crippen molar-refractivity contribution in [2.45, 2.75) is 12.2 Å². The highest BCUT2D eigenvalue weighted by Gasteiger charge is 2.34. The predicted octanol–water partition coefficient (Wildman–Crippen LogP) is 2.86. The third kappa shape index (κ3) is 5.64. The lowest BCUT2D eigenvalue weighted by molar-refractivity contribution is -0.137. The topological polar surface area (TPSA) is 157 Å². The molecule has 0 radical (unpaired) electrons. The first kappa shape index (κ1) is 24.1. The molecule has 0 aliphatic carbocycles.